The van der Waals surface area contributed by atoms with Crippen LogP contribution in [-0.2, 0) is 31.9 Å². The van der Waals surface area contributed by atoms with E-state index in [4.69, 9.17) is 18.9 Å². The molecule has 0 unspecified atom stereocenters. The van der Waals surface area contributed by atoms with Crippen molar-refractivity contribution < 1.29 is 18.9 Å². The molecule has 0 saturated carbocycles. The SMILES string of the molecule is Ic1c2nnn1CCOCCOCCOCCOCCC2. The normalized spacial score (nSPS) is 20.6. The first kappa shape index (κ1) is 17.1. The Labute approximate surface area is 138 Å². The highest BCUT2D eigenvalue weighted by Crippen LogP contribution is 2.11. The fourth-order valence-electron chi connectivity index (χ4n) is 1.89. The van der Waals surface area contributed by atoms with E-state index < -0.39 is 0 Å². The Bertz CT molecular complexity index is 369. The van der Waals surface area contributed by atoms with E-state index in [1.54, 1.807) is 0 Å². The molecule has 1 aliphatic heterocycles. The van der Waals surface area contributed by atoms with E-state index in [9.17, 15) is 0 Å². The minimum absolute atomic E-state index is 0.583. The second-order valence-corrected chi connectivity index (χ2v) is 5.62. The first-order valence-corrected chi connectivity index (χ1v) is 8.34. The number of hydrogen-bond acceptors (Lipinski definition) is 6. The van der Waals surface area contributed by atoms with Crippen LogP contribution >= 0.6 is 22.6 Å². The molecule has 0 amide bonds. The Hall–Kier alpha value is -0.290. The van der Waals surface area contributed by atoms with Crippen LogP contribution in [0.5, 0.6) is 0 Å². The molecule has 0 spiro atoms. The Balaban J connectivity index is 1.80. The molecule has 0 fully saturated rings. The van der Waals surface area contributed by atoms with Gasteiger partial charge in [0.05, 0.1) is 58.5 Å². The summed E-state index contributed by atoms with van der Waals surface area (Å²) in [6, 6.07) is 0. The highest BCUT2D eigenvalue weighted by atomic mass is 127. The zero-order chi connectivity index (χ0) is 14.8. The molecule has 0 aromatic carbocycles. The molecule has 1 aliphatic rings. The second-order valence-electron chi connectivity index (χ2n) is 4.60. The van der Waals surface area contributed by atoms with Crippen molar-refractivity contribution in [2.45, 2.75) is 19.4 Å². The largest absolute Gasteiger partial charge is 0.379 e. The van der Waals surface area contributed by atoms with Crippen LogP contribution < -0.4 is 0 Å². The molecule has 1 aromatic rings. The summed E-state index contributed by atoms with van der Waals surface area (Å²) in [6.07, 6.45) is 1.82. The van der Waals surface area contributed by atoms with Crippen LogP contribution in [0.3, 0.4) is 0 Å². The zero-order valence-electron chi connectivity index (χ0n) is 12.1. The fourth-order valence-corrected chi connectivity index (χ4v) is 2.60. The predicted octanol–water partition coefficient (Wildman–Crippen LogP) is 0.895. The van der Waals surface area contributed by atoms with Gasteiger partial charge in [0.15, 0.2) is 0 Å². The minimum atomic E-state index is 0.583. The number of nitrogens with zero attached hydrogens (tertiary/aromatic N) is 3. The number of aryl methyl sites for hydroxylation is 1. The van der Waals surface area contributed by atoms with Gasteiger partial charge in [0.1, 0.15) is 3.70 Å². The number of rotatable bonds is 0. The molecule has 8 heteroatoms. The van der Waals surface area contributed by atoms with Gasteiger partial charge in [-0.05, 0) is 35.4 Å². The summed E-state index contributed by atoms with van der Waals surface area (Å²) in [5, 5.41) is 8.38. The van der Waals surface area contributed by atoms with Crippen LogP contribution in [0.15, 0.2) is 0 Å². The number of aromatic nitrogens is 3. The van der Waals surface area contributed by atoms with Gasteiger partial charge in [-0.15, -0.1) is 5.10 Å². The van der Waals surface area contributed by atoms with Crippen molar-refractivity contribution in [2.24, 2.45) is 0 Å². The molecule has 0 radical (unpaired) electrons. The molecule has 2 rings (SSSR count). The van der Waals surface area contributed by atoms with Gasteiger partial charge in [0, 0.05) is 6.61 Å². The van der Waals surface area contributed by atoms with Crippen molar-refractivity contribution in [3.05, 3.63) is 9.39 Å². The molecule has 0 saturated heterocycles. The van der Waals surface area contributed by atoms with Crippen molar-refractivity contribution in [3.8, 4) is 0 Å². The van der Waals surface area contributed by atoms with Crippen LogP contribution in [0.4, 0.5) is 0 Å². The number of fused-ring (bicyclic) bond motifs is 2. The van der Waals surface area contributed by atoms with Gasteiger partial charge in [-0.1, -0.05) is 5.21 Å². The van der Waals surface area contributed by atoms with Crippen LogP contribution in [-0.4, -0.2) is 67.8 Å². The van der Waals surface area contributed by atoms with E-state index >= 15 is 0 Å². The number of ether oxygens (including phenoxy) is 4. The van der Waals surface area contributed by atoms with Crippen molar-refractivity contribution in [1.82, 2.24) is 15.0 Å². The van der Waals surface area contributed by atoms with Crippen LogP contribution in [0.25, 0.3) is 0 Å². The first-order valence-electron chi connectivity index (χ1n) is 7.27. The maximum absolute atomic E-state index is 5.52. The third-order valence-corrected chi connectivity index (χ3v) is 4.18. The van der Waals surface area contributed by atoms with Gasteiger partial charge in [-0.25, -0.2) is 4.68 Å². The molecule has 0 atom stereocenters. The van der Waals surface area contributed by atoms with E-state index in [2.05, 4.69) is 32.9 Å². The average molecular weight is 411 g/mol. The van der Waals surface area contributed by atoms with Gasteiger partial charge in [0.2, 0.25) is 0 Å². The van der Waals surface area contributed by atoms with E-state index in [0.717, 1.165) is 22.2 Å². The lowest BCUT2D eigenvalue weighted by atomic mass is 10.2. The summed E-state index contributed by atoms with van der Waals surface area (Å²) >= 11 is 2.29. The monoisotopic (exact) mass is 411 g/mol. The van der Waals surface area contributed by atoms with Gasteiger partial charge >= 0.3 is 0 Å². The molecule has 0 N–H and O–H groups in total. The minimum Gasteiger partial charge on any atom is -0.379 e. The van der Waals surface area contributed by atoms with Crippen molar-refractivity contribution in [1.29, 1.82) is 0 Å². The van der Waals surface area contributed by atoms with Crippen molar-refractivity contribution >= 4 is 22.6 Å². The quantitative estimate of drug-likeness (QED) is 0.591. The lowest BCUT2D eigenvalue weighted by Gasteiger charge is -2.08. The van der Waals surface area contributed by atoms with Crippen molar-refractivity contribution in [2.75, 3.05) is 52.9 Å². The summed E-state index contributed by atoms with van der Waals surface area (Å²) in [6.45, 7) is 5.62. The molecule has 2 bridgehead atoms. The lowest BCUT2D eigenvalue weighted by Crippen LogP contribution is -2.14. The first-order chi connectivity index (χ1) is 10.4. The number of halogens is 1. The molecule has 1 aromatic heterocycles. The Morgan fingerprint density at radius 1 is 0.810 bits per heavy atom. The van der Waals surface area contributed by atoms with E-state index in [1.807, 2.05) is 4.68 Å². The summed E-state index contributed by atoms with van der Waals surface area (Å²) in [7, 11) is 0. The maximum atomic E-state index is 5.52. The number of hydrogen-bond donors (Lipinski definition) is 0. The van der Waals surface area contributed by atoms with Gasteiger partial charge in [-0.3, -0.25) is 0 Å². The van der Waals surface area contributed by atoms with Crippen molar-refractivity contribution in [3.63, 3.8) is 0 Å². The van der Waals surface area contributed by atoms with Crippen LogP contribution in [0.1, 0.15) is 12.1 Å². The standard InChI is InChI=1S/C13H22IN3O4/c14-13-12-2-1-4-18-6-8-20-10-11-21-9-7-19-5-3-17(13)16-15-12/h1-11H2. The Morgan fingerprint density at radius 2 is 1.38 bits per heavy atom. The summed E-state index contributed by atoms with van der Waals surface area (Å²) in [4.78, 5) is 0. The Kier molecular flexibility index (Phi) is 8.48. The topological polar surface area (TPSA) is 67.6 Å². The molecule has 0 aliphatic carbocycles. The maximum Gasteiger partial charge on any atom is 0.122 e. The Morgan fingerprint density at radius 3 is 2.05 bits per heavy atom. The second kappa shape index (κ2) is 10.4. The van der Waals surface area contributed by atoms with Crippen LogP contribution in [0, 0.1) is 3.70 Å². The van der Waals surface area contributed by atoms with Gasteiger partial charge in [0.25, 0.3) is 0 Å². The smallest absolute Gasteiger partial charge is 0.122 e. The highest BCUT2D eigenvalue weighted by Gasteiger charge is 2.09. The lowest BCUT2D eigenvalue weighted by molar-refractivity contribution is -0.00309. The molecule has 120 valence electrons. The molecular formula is C13H22IN3O4. The third kappa shape index (κ3) is 6.55. The van der Waals surface area contributed by atoms with Gasteiger partial charge < -0.3 is 18.9 Å². The highest BCUT2D eigenvalue weighted by molar-refractivity contribution is 14.1. The summed E-state index contributed by atoms with van der Waals surface area (Å²) < 4.78 is 24.8. The summed E-state index contributed by atoms with van der Waals surface area (Å²) in [5.74, 6) is 0. The molecule has 21 heavy (non-hydrogen) atoms. The summed E-state index contributed by atoms with van der Waals surface area (Å²) in [5.41, 5.74) is 1.03. The van der Waals surface area contributed by atoms with Crippen LogP contribution in [0.2, 0.25) is 0 Å². The zero-order valence-corrected chi connectivity index (χ0v) is 14.3. The van der Waals surface area contributed by atoms with Gasteiger partial charge in [-0.2, -0.15) is 0 Å². The predicted molar refractivity (Wildman–Crippen MR) is 84.3 cm³/mol. The fraction of sp³-hybridized carbons (Fsp3) is 0.846. The third-order valence-electron chi connectivity index (χ3n) is 3.00. The van der Waals surface area contributed by atoms with E-state index in [1.165, 1.54) is 0 Å². The van der Waals surface area contributed by atoms with E-state index in [0.29, 0.717) is 59.4 Å². The molecular weight excluding hydrogens is 389 g/mol. The molecule has 2 heterocycles. The van der Waals surface area contributed by atoms with E-state index in [-0.39, 0.29) is 0 Å². The molecule has 7 nitrogen and oxygen atoms in total. The average Bonchev–Trinajstić information content (AvgIpc) is 2.83.